The number of nitrogens with one attached hydrogen (secondary N) is 1. The minimum absolute atomic E-state index is 0.291. The lowest BCUT2D eigenvalue weighted by atomic mass is 9.88. The highest BCUT2D eigenvalue weighted by molar-refractivity contribution is 7.99. The molecule has 0 bridgehead atoms. The number of fused-ring (bicyclic) bond motifs is 1. The van der Waals surface area contributed by atoms with Crippen LogP contribution in [0, 0.1) is 5.41 Å². The van der Waals surface area contributed by atoms with Gasteiger partial charge in [-0.05, 0) is 41.3 Å². The Balaban J connectivity index is 2.04. The molecule has 0 saturated carbocycles. The van der Waals surface area contributed by atoms with E-state index in [2.05, 4.69) is 75.5 Å². The highest BCUT2D eigenvalue weighted by Gasteiger charge is 2.23. The summed E-state index contributed by atoms with van der Waals surface area (Å²) in [7, 11) is 0. The molecule has 114 valence electrons. The van der Waals surface area contributed by atoms with E-state index in [1.54, 1.807) is 0 Å². The topological polar surface area (TPSA) is 12.0 Å². The van der Waals surface area contributed by atoms with E-state index < -0.39 is 0 Å². The summed E-state index contributed by atoms with van der Waals surface area (Å²) in [4.78, 5) is 1.36. The average Bonchev–Trinajstić information content (AvgIpc) is 2.45. The van der Waals surface area contributed by atoms with Gasteiger partial charge in [0, 0.05) is 16.7 Å². The summed E-state index contributed by atoms with van der Waals surface area (Å²) in [5, 5.41) is 6.34. The molecule has 2 heteroatoms. The first-order valence-electron chi connectivity index (χ1n) is 7.85. The number of thioether (sulfide) groups is 1. The maximum absolute atomic E-state index is 3.70. The van der Waals surface area contributed by atoms with Gasteiger partial charge in [-0.1, -0.05) is 58.0 Å². The van der Waals surface area contributed by atoms with Crippen molar-refractivity contribution in [1.82, 2.24) is 5.32 Å². The Morgan fingerprint density at radius 2 is 1.76 bits per heavy atom. The molecule has 21 heavy (non-hydrogen) atoms. The highest BCUT2D eigenvalue weighted by atomic mass is 32.2. The summed E-state index contributed by atoms with van der Waals surface area (Å²) in [6.45, 7) is 10.3. The van der Waals surface area contributed by atoms with Crippen LogP contribution in [0.5, 0.6) is 0 Å². The van der Waals surface area contributed by atoms with E-state index >= 15 is 0 Å². The average molecular weight is 301 g/mol. The fraction of sp³-hybridized carbons (Fsp3) is 0.474. The van der Waals surface area contributed by atoms with Gasteiger partial charge in [-0.3, -0.25) is 0 Å². The van der Waals surface area contributed by atoms with Crippen LogP contribution < -0.4 is 5.32 Å². The Kier molecular flexibility index (Phi) is 5.72. The molecule has 0 aliphatic carbocycles. The van der Waals surface area contributed by atoms with Crippen LogP contribution in [0.3, 0.4) is 0 Å². The van der Waals surface area contributed by atoms with Crippen molar-refractivity contribution in [3.63, 3.8) is 0 Å². The summed E-state index contributed by atoms with van der Waals surface area (Å²) in [6, 6.07) is 15.9. The van der Waals surface area contributed by atoms with Crippen LogP contribution in [-0.2, 0) is 0 Å². The Morgan fingerprint density at radius 3 is 2.43 bits per heavy atom. The van der Waals surface area contributed by atoms with Gasteiger partial charge in [-0.15, -0.1) is 11.8 Å². The van der Waals surface area contributed by atoms with Gasteiger partial charge in [0.25, 0.3) is 0 Å². The van der Waals surface area contributed by atoms with E-state index in [9.17, 15) is 0 Å². The van der Waals surface area contributed by atoms with Gasteiger partial charge < -0.3 is 5.32 Å². The molecule has 1 atom stereocenters. The van der Waals surface area contributed by atoms with E-state index in [-0.39, 0.29) is 0 Å². The largest absolute Gasteiger partial charge is 0.313 e. The molecule has 0 saturated heterocycles. The molecule has 1 N–H and O–H groups in total. The van der Waals surface area contributed by atoms with Gasteiger partial charge in [-0.25, -0.2) is 0 Å². The summed E-state index contributed by atoms with van der Waals surface area (Å²) in [5.74, 6) is 1.11. The predicted octanol–water partition coefficient (Wildman–Crippen LogP) is 5.35. The molecule has 0 radical (unpaired) electrons. The number of hydrogen-bond acceptors (Lipinski definition) is 2. The Hall–Kier alpha value is -0.990. The minimum Gasteiger partial charge on any atom is -0.313 e. The number of benzene rings is 2. The third kappa shape index (κ3) is 4.76. The van der Waals surface area contributed by atoms with Crippen LogP contribution in [0.4, 0.5) is 0 Å². The van der Waals surface area contributed by atoms with Crippen molar-refractivity contribution in [2.45, 2.75) is 45.1 Å². The normalized spacial score (nSPS) is 13.5. The SMILES string of the molecule is CCCNC(CSc1ccc2ccccc2c1)C(C)(C)C. The van der Waals surface area contributed by atoms with E-state index in [0.29, 0.717) is 11.5 Å². The zero-order valence-corrected chi connectivity index (χ0v) is 14.5. The Labute approximate surface area is 133 Å². The lowest BCUT2D eigenvalue weighted by Crippen LogP contribution is -2.42. The summed E-state index contributed by atoms with van der Waals surface area (Å²) in [6.07, 6.45) is 1.19. The van der Waals surface area contributed by atoms with Crippen molar-refractivity contribution in [1.29, 1.82) is 0 Å². The van der Waals surface area contributed by atoms with Crippen LogP contribution in [0.25, 0.3) is 10.8 Å². The van der Waals surface area contributed by atoms with E-state index in [1.165, 1.54) is 22.1 Å². The maximum atomic E-state index is 3.70. The van der Waals surface area contributed by atoms with Crippen LogP contribution in [-0.4, -0.2) is 18.3 Å². The van der Waals surface area contributed by atoms with Gasteiger partial charge in [0.05, 0.1) is 0 Å². The van der Waals surface area contributed by atoms with Gasteiger partial charge in [0.15, 0.2) is 0 Å². The molecule has 0 aliphatic heterocycles. The molecular formula is C19H27NS. The van der Waals surface area contributed by atoms with Gasteiger partial charge >= 0.3 is 0 Å². The smallest absolute Gasteiger partial charge is 0.0210 e. The molecule has 0 heterocycles. The van der Waals surface area contributed by atoms with Crippen molar-refractivity contribution < 1.29 is 0 Å². The van der Waals surface area contributed by atoms with Crippen LogP contribution in [0.1, 0.15) is 34.1 Å². The van der Waals surface area contributed by atoms with Crippen molar-refractivity contribution in [3.8, 4) is 0 Å². The third-order valence-electron chi connectivity index (χ3n) is 3.82. The summed E-state index contributed by atoms with van der Waals surface area (Å²) >= 11 is 1.96. The highest BCUT2D eigenvalue weighted by Crippen LogP contribution is 2.28. The lowest BCUT2D eigenvalue weighted by Gasteiger charge is -2.31. The molecule has 2 rings (SSSR count). The van der Waals surface area contributed by atoms with E-state index in [1.807, 2.05) is 11.8 Å². The van der Waals surface area contributed by atoms with E-state index in [4.69, 9.17) is 0 Å². The quantitative estimate of drug-likeness (QED) is 0.722. The first-order chi connectivity index (χ1) is 10.0. The molecule has 1 unspecified atom stereocenters. The van der Waals surface area contributed by atoms with Crippen molar-refractivity contribution >= 4 is 22.5 Å². The second kappa shape index (κ2) is 7.33. The first-order valence-corrected chi connectivity index (χ1v) is 8.84. The molecule has 2 aromatic rings. The summed E-state index contributed by atoms with van der Waals surface area (Å²) in [5.41, 5.74) is 0.291. The second-order valence-electron chi connectivity index (χ2n) is 6.69. The molecular weight excluding hydrogens is 274 g/mol. The van der Waals surface area contributed by atoms with Gasteiger partial charge in [0.2, 0.25) is 0 Å². The molecule has 1 nitrogen and oxygen atoms in total. The van der Waals surface area contributed by atoms with E-state index in [0.717, 1.165) is 12.3 Å². The fourth-order valence-corrected chi connectivity index (χ4v) is 3.72. The number of hydrogen-bond donors (Lipinski definition) is 1. The van der Waals surface area contributed by atoms with Crippen molar-refractivity contribution in [3.05, 3.63) is 42.5 Å². The number of rotatable bonds is 6. The molecule has 0 fully saturated rings. The maximum Gasteiger partial charge on any atom is 0.0210 e. The van der Waals surface area contributed by atoms with Crippen LogP contribution >= 0.6 is 11.8 Å². The van der Waals surface area contributed by atoms with Gasteiger partial charge in [0.1, 0.15) is 0 Å². The molecule has 2 aromatic carbocycles. The zero-order valence-electron chi connectivity index (χ0n) is 13.6. The summed E-state index contributed by atoms with van der Waals surface area (Å²) < 4.78 is 0. The van der Waals surface area contributed by atoms with Gasteiger partial charge in [-0.2, -0.15) is 0 Å². The molecule has 0 spiro atoms. The second-order valence-corrected chi connectivity index (χ2v) is 7.79. The van der Waals surface area contributed by atoms with Crippen molar-refractivity contribution in [2.75, 3.05) is 12.3 Å². The Morgan fingerprint density at radius 1 is 1.05 bits per heavy atom. The fourth-order valence-electron chi connectivity index (χ4n) is 2.37. The molecule has 0 aromatic heterocycles. The van der Waals surface area contributed by atoms with Crippen LogP contribution in [0.15, 0.2) is 47.4 Å². The van der Waals surface area contributed by atoms with Crippen LogP contribution in [0.2, 0.25) is 0 Å². The van der Waals surface area contributed by atoms with Crippen molar-refractivity contribution in [2.24, 2.45) is 5.41 Å². The predicted molar refractivity (Wildman–Crippen MR) is 96.2 cm³/mol. The lowest BCUT2D eigenvalue weighted by molar-refractivity contribution is 0.292. The molecule has 0 aliphatic rings. The third-order valence-corrected chi connectivity index (χ3v) is 4.91. The first kappa shape index (κ1) is 16.4. The monoisotopic (exact) mass is 301 g/mol. The molecule has 0 amide bonds. The minimum atomic E-state index is 0.291. The Bertz CT molecular complexity index is 571. The standard InChI is InChI=1S/C19H27NS/c1-5-12-20-18(19(2,3)4)14-21-17-11-10-15-8-6-7-9-16(15)13-17/h6-11,13,18,20H,5,12,14H2,1-4H3. The zero-order chi connectivity index (χ0) is 15.3.